The molecule has 0 atom stereocenters. The fourth-order valence-corrected chi connectivity index (χ4v) is 4.03. The number of carbonyl (C=O) groups excluding carboxylic acids is 1. The molecule has 4 aromatic rings. The topological polar surface area (TPSA) is 64.1 Å². The molecule has 0 spiro atoms. The van der Waals surface area contributed by atoms with Gasteiger partial charge in [0.25, 0.3) is 5.91 Å². The number of thiophene rings is 1. The number of carbonyl (C=O) groups is 1. The van der Waals surface area contributed by atoms with E-state index in [0.29, 0.717) is 5.88 Å². The Morgan fingerprint density at radius 3 is 2.61 bits per heavy atom. The third-order valence-corrected chi connectivity index (χ3v) is 5.67. The van der Waals surface area contributed by atoms with Crippen molar-refractivity contribution in [3.63, 3.8) is 0 Å². The third kappa shape index (κ3) is 3.59. The maximum absolute atomic E-state index is 12.5. The van der Waals surface area contributed by atoms with Gasteiger partial charge in [-0.05, 0) is 31.0 Å². The van der Waals surface area contributed by atoms with Crippen LogP contribution >= 0.6 is 11.3 Å². The van der Waals surface area contributed by atoms with Crippen LogP contribution in [0, 0.1) is 13.8 Å². The van der Waals surface area contributed by atoms with Gasteiger partial charge in [-0.3, -0.25) is 4.79 Å². The maximum Gasteiger partial charge on any atom is 0.262 e. The predicted octanol–water partition coefficient (Wildman–Crippen LogP) is 4.99. The van der Waals surface area contributed by atoms with E-state index in [1.165, 1.54) is 11.2 Å². The highest BCUT2D eigenvalue weighted by molar-refractivity contribution is 7.18. The number of fused-ring (bicyclic) bond motifs is 1. The summed E-state index contributed by atoms with van der Waals surface area (Å²) in [5.41, 5.74) is 3.84. The van der Waals surface area contributed by atoms with Gasteiger partial charge in [0.15, 0.2) is 6.61 Å². The van der Waals surface area contributed by atoms with Gasteiger partial charge in [0.2, 0.25) is 5.88 Å². The van der Waals surface area contributed by atoms with Crippen LogP contribution in [0.3, 0.4) is 0 Å². The van der Waals surface area contributed by atoms with Gasteiger partial charge in [-0.25, -0.2) is 9.97 Å². The number of nitrogens with one attached hydrogen (secondary N) is 1. The lowest BCUT2D eigenvalue weighted by Gasteiger charge is -2.12. The van der Waals surface area contributed by atoms with E-state index < -0.39 is 0 Å². The van der Waals surface area contributed by atoms with Gasteiger partial charge in [-0.1, -0.05) is 48.5 Å². The molecule has 0 fully saturated rings. The second kappa shape index (κ2) is 7.78. The molecule has 2 aromatic heterocycles. The third-order valence-electron chi connectivity index (χ3n) is 4.56. The first-order valence-electron chi connectivity index (χ1n) is 8.91. The van der Waals surface area contributed by atoms with Gasteiger partial charge in [-0.2, -0.15) is 0 Å². The van der Waals surface area contributed by atoms with E-state index in [4.69, 9.17) is 4.74 Å². The minimum absolute atomic E-state index is 0.121. The number of para-hydroxylation sites is 1. The van der Waals surface area contributed by atoms with Gasteiger partial charge >= 0.3 is 0 Å². The molecule has 4 rings (SSSR count). The van der Waals surface area contributed by atoms with Gasteiger partial charge in [0.1, 0.15) is 11.2 Å². The van der Waals surface area contributed by atoms with Crippen LogP contribution in [-0.4, -0.2) is 22.5 Å². The maximum atomic E-state index is 12.5. The van der Waals surface area contributed by atoms with Crippen molar-refractivity contribution in [2.75, 3.05) is 11.9 Å². The van der Waals surface area contributed by atoms with E-state index in [1.54, 1.807) is 11.3 Å². The summed E-state index contributed by atoms with van der Waals surface area (Å²) in [4.78, 5) is 23.1. The highest BCUT2D eigenvalue weighted by Crippen LogP contribution is 2.33. The smallest absolute Gasteiger partial charge is 0.262 e. The monoisotopic (exact) mass is 389 g/mol. The molecular formula is C22H19N3O2S. The van der Waals surface area contributed by atoms with E-state index in [2.05, 4.69) is 15.3 Å². The zero-order chi connectivity index (χ0) is 19.5. The number of aryl methyl sites for hydroxylation is 2. The van der Waals surface area contributed by atoms with Crippen LogP contribution in [0.2, 0.25) is 0 Å². The molecule has 0 bridgehead atoms. The molecule has 0 aliphatic carbocycles. The minimum Gasteiger partial charge on any atom is -0.467 e. The van der Waals surface area contributed by atoms with Crippen molar-refractivity contribution in [1.82, 2.24) is 9.97 Å². The number of anilines is 1. The Morgan fingerprint density at radius 2 is 1.79 bits per heavy atom. The highest BCUT2D eigenvalue weighted by Gasteiger charge is 2.15. The summed E-state index contributed by atoms with van der Waals surface area (Å²) in [6.07, 6.45) is 1.47. The molecule has 0 aliphatic rings. The Morgan fingerprint density at radius 1 is 1.04 bits per heavy atom. The lowest BCUT2D eigenvalue weighted by molar-refractivity contribution is -0.118. The first-order chi connectivity index (χ1) is 13.6. The lowest BCUT2D eigenvalue weighted by Crippen LogP contribution is -2.21. The summed E-state index contributed by atoms with van der Waals surface area (Å²) in [6, 6.07) is 17.7. The van der Waals surface area contributed by atoms with Gasteiger partial charge < -0.3 is 10.1 Å². The molecule has 0 unspecified atom stereocenters. The van der Waals surface area contributed by atoms with E-state index >= 15 is 0 Å². The van der Waals surface area contributed by atoms with Crippen molar-refractivity contribution in [2.45, 2.75) is 13.8 Å². The number of hydrogen-bond acceptors (Lipinski definition) is 5. The average Bonchev–Trinajstić information content (AvgIpc) is 3.02. The summed E-state index contributed by atoms with van der Waals surface area (Å²) in [6.45, 7) is 3.93. The van der Waals surface area contributed by atoms with Crippen molar-refractivity contribution >= 4 is 33.1 Å². The molecule has 0 radical (unpaired) electrons. The van der Waals surface area contributed by atoms with Crippen LogP contribution in [0.25, 0.3) is 21.3 Å². The molecule has 140 valence electrons. The van der Waals surface area contributed by atoms with Crippen molar-refractivity contribution in [3.8, 4) is 17.0 Å². The summed E-state index contributed by atoms with van der Waals surface area (Å²) < 4.78 is 5.74. The first-order valence-corrected chi connectivity index (χ1v) is 9.73. The van der Waals surface area contributed by atoms with Crippen LogP contribution in [0.5, 0.6) is 5.88 Å². The zero-order valence-corrected chi connectivity index (χ0v) is 16.4. The van der Waals surface area contributed by atoms with Crippen molar-refractivity contribution in [1.29, 1.82) is 0 Å². The number of benzene rings is 2. The second-order valence-electron chi connectivity index (χ2n) is 6.39. The SMILES string of the molecule is Cc1sc2ncnc(OCC(=O)Nc3ccccc3-c3ccccc3)c2c1C. The molecule has 1 N–H and O–H groups in total. The molecule has 28 heavy (non-hydrogen) atoms. The van der Waals surface area contributed by atoms with Crippen molar-refractivity contribution in [3.05, 3.63) is 71.4 Å². The molecule has 2 heterocycles. The molecule has 0 aliphatic heterocycles. The minimum atomic E-state index is -0.236. The summed E-state index contributed by atoms with van der Waals surface area (Å²) >= 11 is 1.60. The number of ether oxygens (including phenoxy) is 1. The Balaban J connectivity index is 1.51. The van der Waals surface area contributed by atoms with Gasteiger partial charge in [0.05, 0.1) is 5.39 Å². The summed E-state index contributed by atoms with van der Waals surface area (Å²) in [5.74, 6) is 0.207. The Bertz CT molecular complexity index is 1140. The molecule has 5 nitrogen and oxygen atoms in total. The molecule has 6 heteroatoms. The van der Waals surface area contributed by atoms with Gasteiger partial charge in [-0.15, -0.1) is 11.3 Å². The fraction of sp³-hybridized carbons (Fsp3) is 0.136. The number of aromatic nitrogens is 2. The Labute approximate surface area is 167 Å². The number of hydrogen-bond donors (Lipinski definition) is 1. The Hall–Kier alpha value is -3.25. The fourth-order valence-electron chi connectivity index (χ4n) is 3.04. The normalized spacial score (nSPS) is 10.8. The molecule has 0 saturated heterocycles. The number of rotatable bonds is 5. The summed E-state index contributed by atoms with van der Waals surface area (Å²) in [5, 5.41) is 3.82. The molecule has 1 amide bonds. The Kier molecular flexibility index (Phi) is 5.04. The number of nitrogens with zero attached hydrogens (tertiary/aromatic N) is 2. The van der Waals surface area contributed by atoms with Crippen molar-refractivity contribution in [2.24, 2.45) is 0 Å². The van der Waals surface area contributed by atoms with Gasteiger partial charge in [0, 0.05) is 16.1 Å². The van der Waals surface area contributed by atoms with Crippen LogP contribution in [0.1, 0.15) is 10.4 Å². The van der Waals surface area contributed by atoms with E-state index in [0.717, 1.165) is 32.6 Å². The lowest BCUT2D eigenvalue weighted by atomic mass is 10.0. The van der Waals surface area contributed by atoms with Crippen LogP contribution in [0.4, 0.5) is 5.69 Å². The first kappa shape index (κ1) is 18.1. The quantitative estimate of drug-likeness (QED) is 0.522. The molecular weight excluding hydrogens is 370 g/mol. The van der Waals surface area contributed by atoms with Crippen LogP contribution in [0.15, 0.2) is 60.9 Å². The van der Waals surface area contributed by atoms with Crippen LogP contribution in [-0.2, 0) is 4.79 Å². The largest absolute Gasteiger partial charge is 0.467 e. The second-order valence-corrected chi connectivity index (χ2v) is 7.59. The standard InChI is InChI=1S/C22H19N3O2S/c1-14-15(2)28-22-20(14)21(23-13-24-22)27-12-19(26)25-18-11-7-6-10-17(18)16-8-4-3-5-9-16/h3-11,13H,12H2,1-2H3,(H,25,26). The van der Waals surface area contributed by atoms with Crippen molar-refractivity contribution < 1.29 is 9.53 Å². The van der Waals surface area contributed by atoms with E-state index in [1.807, 2.05) is 68.4 Å². The summed E-state index contributed by atoms with van der Waals surface area (Å²) in [7, 11) is 0. The number of amides is 1. The highest BCUT2D eigenvalue weighted by atomic mass is 32.1. The average molecular weight is 389 g/mol. The molecule has 0 saturated carbocycles. The molecule has 2 aromatic carbocycles. The zero-order valence-electron chi connectivity index (χ0n) is 15.6. The van der Waals surface area contributed by atoms with E-state index in [-0.39, 0.29) is 12.5 Å². The van der Waals surface area contributed by atoms with E-state index in [9.17, 15) is 4.79 Å². The van der Waals surface area contributed by atoms with Crippen LogP contribution < -0.4 is 10.1 Å². The predicted molar refractivity (Wildman–Crippen MR) is 113 cm³/mol.